The van der Waals surface area contributed by atoms with Crippen molar-refractivity contribution in [1.82, 2.24) is 20.7 Å². The number of likely N-dealkylation sites (N-methyl/N-ethyl adjacent to an activating group) is 1. The summed E-state index contributed by atoms with van der Waals surface area (Å²) in [5.74, 6) is -0.952. The summed E-state index contributed by atoms with van der Waals surface area (Å²) < 4.78 is 0.841. The summed E-state index contributed by atoms with van der Waals surface area (Å²) >= 11 is 4.84. The maximum atomic E-state index is 12.9. The van der Waals surface area contributed by atoms with Crippen LogP contribution in [0.5, 0.6) is 0 Å². The van der Waals surface area contributed by atoms with Crippen molar-refractivity contribution in [2.75, 3.05) is 24.0 Å². The Kier molecular flexibility index (Phi) is 8.85. The molecule has 1 aromatic carbocycles. The molecule has 1 amide bonds. The molecule has 1 heterocycles. The number of thioether (sulfide) groups is 1. The number of H-pyrrole nitrogens is 1. The third kappa shape index (κ3) is 5.82. The van der Waals surface area contributed by atoms with Crippen molar-refractivity contribution < 1.29 is 19.5 Å². The van der Waals surface area contributed by atoms with E-state index in [1.807, 2.05) is 6.26 Å². The van der Waals surface area contributed by atoms with Crippen LogP contribution < -0.4 is 10.2 Å². The third-order valence-electron chi connectivity index (χ3n) is 4.59. The Labute approximate surface area is 187 Å². The molecule has 2 unspecified atom stereocenters. The van der Waals surface area contributed by atoms with Gasteiger partial charge in [0.1, 0.15) is 12.1 Å². The van der Waals surface area contributed by atoms with Gasteiger partial charge in [-0.25, -0.2) is 9.89 Å². The van der Waals surface area contributed by atoms with Gasteiger partial charge in [0.2, 0.25) is 11.7 Å². The zero-order valence-electron chi connectivity index (χ0n) is 16.9. The van der Waals surface area contributed by atoms with E-state index >= 15 is 0 Å². The number of rotatable bonds is 11. The Morgan fingerprint density at radius 3 is 2.53 bits per heavy atom. The fraction of sp³-hybridized carbons (Fsp3) is 0.421. The Hall–Kier alpha value is -2.40. The summed E-state index contributed by atoms with van der Waals surface area (Å²) in [7, 11) is 1.64. The van der Waals surface area contributed by atoms with Gasteiger partial charge in [-0.15, -0.1) is 5.10 Å². The highest BCUT2D eigenvalue weighted by Crippen LogP contribution is 2.22. The van der Waals surface area contributed by atoms with E-state index in [0.29, 0.717) is 30.0 Å². The van der Waals surface area contributed by atoms with Crippen molar-refractivity contribution >= 4 is 51.2 Å². The van der Waals surface area contributed by atoms with Gasteiger partial charge in [0, 0.05) is 17.1 Å². The lowest BCUT2D eigenvalue weighted by molar-refractivity contribution is -0.142. The maximum absolute atomic E-state index is 12.9. The highest BCUT2D eigenvalue weighted by molar-refractivity contribution is 9.10. The first kappa shape index (κ1) is 23.9. The maximum Gasteiger partial charge on any atom is 0.326 e. The Balaban J connectivity index is 2.21. The molecule has 3 N–H and O–H groups in total. The van der Waals surface area contributed by atoms with Crippen molar-refractivity contribution in [3.05, 3.63) is 40.0 Å². The number of amides is 1. The van der Waals surface area contributed by atoms with E-state index in [1.54, 1.807) is 43.1 Å². The predicted molar refractivity (Wildman–Crippen MR) is 119 cm³/mol. The van der Waals surface area contributed by atoms with Gasteiger partial charge < -0.3 is 15.3 Å². The van der Waals surface area contributed by atoms with E-state index in [-0.39, 0.29) is 11.5 Å². The van der Waals surface area contributed by atoms with Gasteiger partial charge in [0.15, 0.2) is 11.5 Å². The molecule has 1 aromatic heterocycles. The summed E-state index contributed by atoms with van der Waals surface area (Å²) in [6.45, 7) is 1.80. The van der Waals surface area contributed by atoms with E-state index in [0.717, 1.165) is 4.47 Å². The number of carbonyl (C=O) groups is 3. The second-order valence-corrected chi connectivity index (χ2v) is 8.46. The minimum absolute atomic E-state index is 0.0863. The van der Waals surface area contributed by atoms with Gasteiger partial charge in [-0.2, -0.15) is 11.8 Å². The van der Waals surface area contributed by atoms with Crippen LogP contribution in [0.15, 0.2) is 28.7 Å². The van der Waals surface area contributed by atoms with E-state index in [2.05, 4.69) is 36.7 Å². The molecule has 0 radical (unpaired) electrons. The number of benzene rings is 1. The van der Waals surface area contributed by atoms with E-state index in [9.17, 15) is 19.5 Å². The number of hydrogen-bond acceptors (Lipinski definition) is 7. The number of ketones is 1. The summed E-state index contributed by atoms with van der Waals surface area (Å²) in [5, 5.41) is 22.3. The molecule has 162 valence electrons. The van der Waals surface area contributed by atoms with Gasteiger partial charge in [0.25, 0.3) is 0 Å². The fourth-order valence-electron chi connectivity index (χ4n) is 2.91. The molecular weight excluding hydrogens is 474 g/mol. The zero-order chi connectivity index (χ0) is 22.3. The van der Waals surface area contributed by atoms with Crippen LogP contribution in [0.4, 0.5) is 5.82 Å². The number of carboxylic acids is 1. The number of hydrogen-bond donors (Lipinski definition) is 3. The molecule has 0 aliphatic heterocycles. The second kappa shape index (κ2) is 11.1. The number of aromatic amines is 1. The highest BCUT2D eigenvalue weighted by atomic mass is 79.9. The first-order valence-electron chi connectivity index (χ1n) is 9.26. The molecule has 0 aliphatic rings. The van der Waals surface area contributed by atoms with Crippen molar-refractivity contribution in [2.24, 2.45) is 0 Å². The molecule has 30 heavy (non-hydrogen) atoms. The van der Waals surface area contributed by atoms with Crippen LogP contribution in [-0.2, 0) is 9.59 Å². The molecule has 0 saturated heterocycles. The number of carboxylic acid groups (broad SMARTS) is 1. The summed E-state index contributed by atoms with van der Waals surface area (Å²) in [6, 6.07) is 5.14. The number of aliphatic carboxylic acids is 1. The topological polar surface area (TPSA) is 128 Å². The van der Waals surface area contributed by atoms with Crippen molar-refractivity contribution in [2.45, 2.75) is 31.8 Å². The average Bonchev–Trinajstić information content (AvgIpc) is 3.21. The molecule has 0 bridgehead atoms. The number of carbonyl (C=O) groups excluding carboxylic acids is 2. The molecule has 0 aliphatic carbocycles. The largest absolute Gasteiger partial charge is 0.480 e. The predicted octanol–water partition coefficient (Wildman–Crippen LogP) is 2.34. The van der Waals surface area contributed by atoms with Gasteiger partial charge >= 0.3 is 5.97 Å². The Bertz CT molecular complexity index is 889. The van der Waals surface area contributed by atoms with E-state index < -0.39 is 24.0 Å². The second-order valence-electron chi connectivity index (χ2n) is 6.56. The lowest BCUT2D eigenvalue weighted by Crippen LogP contribution is -2.51. The monoisotopic (exact) mass is 497 g/mol. The smallest absolute Gasteiger partial charge is 0.326 e. The Morgan fingerprint density at radius 2 is 1.97 bits per heavy atom. The number of anilines is 1. The molecule has 0 spiro atoms. The van der Waals surface area contributed by atoms with Crippen LogP contribution in [0.1, 0.15) is 35.8 Å². The normalized spacial score (nSPS) is 12.8. The summed E-state index contributed by atoms with van der Waals surface area (Å²) in [6.07, 6.45) is 2.59. The number of nitrogens with zero attached hydrogens (tertiary/aromatic N) is 3. The SMILES string of the molecule is CCC(C(=O)NC(CCSC)C(=O)O)N(C)c1[nH]nnc1C(=O)c1ccc(Br)cc1. The van der Waals surface area contributed by atoms with Crippen molar-refractivity contribution in [3.63, 3.8) is 0 Å². The molecular formula is C19H24BrN5O4S. The van der Waals surface area contributed by atoms with Gasteiger partial charge in [0.05, 0.1) is 0 Å². The van der Waals surface area contributed by atoms with Crippen LogP contribution in [0.3, 0.4) is 0 Å². The summed E-state index contributed by atoms with van der Waals surface area (Å²) in [5.41, 5.74) is 0.519. The molecule has 2 aromatic rings. The Morgan fingerprint density at radius 1 is 1.30 bits per heavy atom. The molecule has 2 rings (SSSR count). The first-order chi connectivity index (χ1) is 14.3. The van der Waals surface area contributed by atoms with Crippen LogP contribution >= 0.6 is 27.7 Å². The number of nitrogens with one attached hydrogen (secondary N) is 2. The van der Waals surface area contributed by atoms with E-state index in [1.165, 1.54) is 11.8 Å². The molecule has 2 atom stereocenters. The number of halogens is 1. The minimum atomic E-state index is -1.08. The third-order valence-corrected chi connectivity index (χ3v) is 5.76. The summed E-state index contributed by atoms with van der Waals surface area (Å²) in [4.78, 5) is 38.7. The van der Waals surface area contributed by atoms with Crippen molar-refractivity contribution in [1.29, 1.82) is 0 Å². The van der Waals surface area contributed by atoms with Crippen molar-refractivity contribution in [3.8, 4) is 0 Å². The molecule has 0 fully saturated rings. The molecule has 0 saturated carbocycles. The van der Waals surface area contributed by atoms with E-state index in [4.69, 9.17) is 0 Å². The average molecular weight is 498 g/mol. The van der Waals surface area contributed by atoms with Crippen LogP contribution in [0, 0.1) is 0 Å². The zero-order valence-corrected chi connectivity index (χ0v) is 19.3. The molecule has 9 nitrogen and oxygen atoms in total. The molecule has 11 heteroatoms. The standard InChI is InChI=1S/C19H24BrN5O4S/c1-4-14(18(27)21-13(19(28)29)9-10-30-3)25(2)17-15(22-24-23-17)16(26)11-5-7-12(20)8-6-11/h5-8,13-14H,4,9-10H2,1-3H3,(H,21,27)(H,28,29)(H,22,23,24). The van der Waals surface area contributed by atoms with Gasteiger partial charge in [-0.1, -0.05) is 28.1 Å². The lowest BCUT2D eigenvalue weighted by Gasteiger charge is -2.28. The minimum Gasteiger partial charge on any atom is -0.480 e. The lowest BCUT2D eigenvalue weighted by atomic mass is 10.1. The highest BCUT2D eigenvalue weighted by Gasteiger charge is 2.30. The van der Waals surface area contributed by atoms with Crippen LogP contribution in [0.2, 0.25) is 0 Å². The van der Waals surface area contributed by atoms with Gasteiger partial charge in [-0.3, -0.25) is 9.59 Å². The van der Waals surface area contributed by atoms with Crippen LogP contribution in [-0.4, -0.2) is 69.3 Å². The number of aromatic nitrogens is 3. The van der Waals surface area contributed by atoms with Gasteiger partial charge in [-0.05, 0) is 49.1 Å². The quantitative estimate of drug-likeness (QED) is 0.403. The first-order valence-corrected chi connectivity index (χ1v) is 11.4. The van der Waals surface area contributed by atoms with Crippen LogP contribution in [0.25, 0.3) is 0 Å². The fourth-order valence-corrected chi connectivity index (χ4v) is 3.65.